The first-order chi connectivity index (χ1) is 8.97. The second kappa shape index (κ2) is 5.30. The number of carbonyl (C=O) groups is 1. The van der Waals surface area contributed by atoms with E-state index in [1.165, 1.54) is 0 Å². The van der Waals surface area contributed by atoms with Gasteiger partial charge < -0.3 is 9.73 Å². The minimum atomic E-state index is -0.358. The van der Waals surface area contributed by atoms with E-state index >= 15 is 0 Å². The van der Waals surface area contributed by atoms with Crippen LogP contribution in [0.25, 0.3) is 11.3 Å². The Hall–Kier alpha value is -2.04. The van der Waals surface area contributed by atoms with Crippen molar-refractivity contribution < 1.29 is 9.21 Å². The van der Waals surface area contributed by atoms with Gasteiger partial charge >= 0.3 is 0 Å². The minimum absolute atomic E-state index is 0.0471. The average molecular weight is 261 g/mol. The second-order valence-electron chi connectivity index (χ2n) is 5.48. The van der Waals surface area contributed by atoms with Crippen LogP contribution in [-0.4, -0.2) is 22.2 Å². The lowest BCUT2D eigenvalue weighted by Crippen LogP contribution is -2.36. The molecule has 19 heavy (non-hydrogen) atoms. The van der Waals surface area contributed by atoms with Gasteiger partial charge in [-0.15, -0.1) is 0 Å². The molecule has 0 fully saturated rings. The molecule has 5 heteroatoms. The number of hydrogen-bond donors (Lipinski definition) is 1. The summed E-state index contributed by atoms with van der Waals surface area (Å²) in [5.41, 5.74) is 0.579. The third kappa shape index (κ3) is 3.47. The maximum atomic E-state index is 11.7. The first-order valence-corrected chi connectivity index (χ1v) is 6.31. The standard InChI is InChI=1S/C14H19N3O2/c1-14(2,3)13(18)15-6-7-17-10-11(9-16-17)12-5-4-8-19-12/h4-5,8-10H,6-7H2,1-3H3,(H,15,18). The van der Waals surface area contributed by atoms with E-state index in [9.17, 15) is 4.79 Å². The van der Waals surface area contributed by atoms with Gasteiger partial charge in [0.1, 0.15) is 5.76 Å². The molecule has 0 saturated heterocycles. The van der Waals surface area contributed by atoms with E-state index in [2.05, 4.69) is 10.4 Å². The molecule has 1 amide bonds. The fourth-order valence-corrected chi connectivity index (χ4v) is 1.61. The molecule has 0 aliphatic carbocycles. The smallest absolute Gasteiger partial charge is 0.225 e. The summed E-state index contributed by atoms with van der Waals surface area (Å²) in [5, 5.41) is 7.13. The maximum Gasteiger partial charge on any atom is 0.225 e. The Balaban J connectivity index is 1.86. The number of aromatic nitrogens is 2. The van der Waals surface area contributed by atoms with Crippen LogP contribution >= 0.6 is 0 Å². The van der Waals surface area contributed by atoms with Crippen LogP contribution in [0.15, 0.2) is 35.2 Å². The average Bonchev–Trinajstić information content (AvgIpc) is 2.97. The summed E-state index contributed by atoms with van der Waals surface area (Å²) in [5.74, 6) is 0.843. The summed E-state index contributed by atoms with van der Waals surface area (Å²) < 4.78 is 7.09. The van der Waals surface area contributed by atoms with Crippen LogP contribution < -0.4 is 5.32 Å². The SMILES string of the molecule is CC(C)(C)C(=O)NCCn1cc(-c2ccco2)cn1. The Morgan fingerprint density at radius 2 is 2.26 bits per heavy atom. The predicted octanol–water partition coefficient (Wildman–Crippen LogP) is 2.31. The molecule has 2 heterocycles. The van der Waals surface area contributed by atoms with E-state index in [-0.39, 0.29) is 11.3 Å². The van der Waals surface area contributed by atoms with Crippen molar-refractivity contribution >= 4 is 5.91 Å². The highest BCUT2D eigenvalue weighted by Gasteiger charge is 2.20. The number of furan rings is 1. The highest BCUT2D eigenvalue weighted by molar-refractivity contribution is 5.81. The van der Waals surface area contributed by atoms with Crippen molar-refractivity contribution in [1.29, 1.82) is 0 Å². The highest BCUT2D eigenvalue weighted by Crippen LogP contribution is 2.18. The lowest BCUT2D eigenvalue weighted by molar-refractivity contribution is -0.128. The Morgan fingerprint density at radius 3 is 2.89 bits per heavy atom. The van der Waals surface area contributed by atoms with Gasteiger partial charge in [0.05, 0.1) is 24.6 Å². The molecule has 0 saturated carbocycles. The molecule has 0 aliphatic rings. The zero-order valence-corrected chi connectivity index (χ0v) is 11.5. The summed E-state index contributed by atoms with van der Waals surface area (Å²) in [6.45, 7) is 6.89. The molecule has 2 aromatic rings. The fourth-order valence-electron chi connectivity index (χ4n) is 1.61. The normalized spacial score (nSPS) is 11.5. The van der Waals surface area contributed by atoms with E-state index in [1.54, 1.807) is 17.1 Å². The highest BCUT2D eigenvalue weighted by atomic mass is 16.3. The van der Waals surface area contributed by atoms with E-state index in [4.69, 9.17) is 4.42 Å². The van der Waals surface area contributed by atoms with E-state index in [0.29, 0.717) is 13.1 Å². The lowest BCUT2D eigenvalue weighted by atomic mass is 9.96. The minimum Gasteiger partial charge on any atom is -0.464 e. The summed E-state index contributed by atoms with van der Waals surface area (Å²) in [6, 6.07) is 3.74. The van der Waals surface area contributed by atoms with E-state index in [0.717, 1.165) is 11.3 Å². The Kier molecular flexibility index (Phi) is 3.74. The maximum absolute atomic E-state index is 11.7. The van der Waals surface area contributed by atoms with Gasteiger partial charge in [-0.3, -0.25) is 9.48 Å². The molecule has 0 aliphatic heterocycles. The molecule has 0 atom stereocenters. The fraction of sp³-hybridized carbons (Fsp3) is 0.429. The van der Waals surface area contributed by atoms with E-state index < -0.39 is 0 Å². The quantitative estimate of drug-likeness (QED) is 0.918. The number of nitrogens with zero attached hydrogens (tertiary/aromatic N) is 2. The third-order valence-electron chi connectivity index (χ3n) is 2.75. The molecule has 102 valence electrons. The molecule has 0 unspecified atom stereocenters. The van der Waals surface area contributed by atoms with Crippen LogP contribution in [0.4, 0.5) is 0 Å². The van der Waals surface area contributed by atoms with Gasteiger partial charge in [0.2, 0.25) is 5.91 Å². The van der Waals surface area contributed by atoms with Gasteiger partial charge in [-0.2, -0.15) is 5.10 Å². The van der Waals surface area contributed by atoms with Crippen molar-refractivity contribution in [3.8, 4) is 11.3 Å². The third-order valence-corrected chi connectivity index (χ3v) is 2.75. The summed E-state index contributed by atoms with van der Waals surface area (Å²) in [7, 11) is 0. The number of hydrogen-bond acceptors (Lipinski definition) is 3. The molecule has 2 aromatic heterocycles. The first kappa shape index (κ1) is 13.4. The van der Waals surface area contributed by atoms with Gasteiger partial charge in [0.25, 0.3) is 0 Å². The number of amides is 1. The van der Waals surface area contributed by atoms with Gasteiger partial charge in [-0.05, 0) is 12.1 Å². The van der Waals surface area contributed by atoms with Crippen molar-refractivity contribution in [3.63, 3.8) is 0 Å². The van der Waals surface area contributed by atoms with Crippen LogP contribution in [0.5, 0.6) is 0 Å². The zero-order valence-electron chi connectivity index (χ0n) is 11.5. The Labute approximate surface area is 112 Å². The second-order valence-corrected chi connectivity index (χ2v) is 5.48. The molecule has 1 N–H and O–H groups in total. The Bertz CT molecular complexity index is 535. The van der Waals surface area contributed by atoms with Crippen LogP contribution in [0, 0.1) is 5.41 Å². The predicted molar refractivity (Wildman–Crippen MR) is 72.4 cm³/mol. The molecule has 2 rings (SSSR count). The molecular formula is C14H19N3O2. The summed E-state index contributed by atoms with van der Waals surface area (Å²) in [4.78, 5) is 11.7. The molecule has 0 spiro atoms. The largest absolute Gasteiger partial charge is 0.464 e. The topological polar surface area (TPSA) is 60.1 Å². The number of nitrogens with one attached hydrogen (secondary N) is 1. The summed E-state index contributed by atoms with van der Waals surface area (Å²) >= 11 is 0. The van der Waals surface area contributed by atoms with Crippen LogP contribution in [-0.2, 0) is 11.3 Å². The molecule has 0 aromatic carbocycles. The van der Waals surface area contributed by atoms with E-state index in [1.807, 2.05) is 39.1 Å². The van der Waals surface area contributed by atoms with Crippen LogP contribution in [0.1, 0.15) is 20.8 Å². The van der Waals surface area contributed by atoms with Crippen molar-refractivity contribution in [2.45, 2.75) is 27.3 Å². The Morgan fingerprint density at radius 1 is 1.47 bits per heavy atom. The lowest BCUT2D eigenvalue weighted by Gasteiger charge is -2.17. The van der Waals surface area contributed by atoms with Gasteiger partial charge in [0, 0.05) is 18.2 Å². The van der Waals surface area contributed by atoms with Crippen LogP contribution in [0.3, 0.4) is 0 Å². The van der Waals surface area contributed by atoms with Gasteiger partial charge in [-0.1, -0.05) is 20.8 Å². The van der Waals surface area contributed by atoms with Gasteiger partial charge in [-0.25, -0.2) is 0 Å². The number of rotatable bonds is 4. The molecule has 0 bridgehead atoms. The molecular weight excluding hydrogens is 242 g/mol. The monoisotopic (exact) mass is 261 g/mol. The van der Waals surface area contributed by atoms with Gasteiger partial charge in [0.15, 0.2) is 0 Å². The van der Waals surface area contributed by atoms with Crippen molar-refractivity contribution in [3.05, 3.63) is 30.8 Å². The van der Waals surface area contributed by atoms with Crippen molar-refractivity contribution in [2.75, 3.05) is 6.54 Å². The van der Waals surface area contributed by atoms with Crippen molar-refractivity contribution in [2.24, 2.45) is 5.41 Å². The van der Waals surface area contributed by atoms with Crippen LogP contribution in [0.2, 0.25) is 0 Å². The molecule has 5 nitrogen and oxygen atoms in total. The zero-order chi connectivity index (χ0) is 13.9. The summed E-state index contributed by atoms with van der Waals surface area (Å²) in [6.07, 6.45) is 5.29. The number of carbonyl (C=O) groups excluding carboxylic acids is 1. The molecule has 0 radical (unpaired) electrons. The van der Waals surface area contributed by atoms with Crippen molar-refractivity contribution in [1.82, 2.24) is 15.1 Å². The first-order valence-electron chi connectivity index (χ1n) is 6.31.